The van der Waals surface area contributed by atoms with Gasteiger partial charge in [-0.15, -0.1) is 0 Å². The van der Waals surface area contributed by atoms with Crippen molar-refractivity contribution >= 4 is 33.4 Å². The molecule has 11 heteroatoms. The maximum atomic E-state index is 12.6. The first-order valence-electron chi connectivity index (χ1n) is 10.6. The number of ether oxygens (including phenoxy) is 1. The third-order valence-electron chi connectivity index (χ3n) is 5.36. The van der Waals surface area contributed by atoms with Gasteiger partial charge in [-0.2, -0.15) is 4.31 Å². The third-order valence-corrected chi connectivity index (χ3v) is 7.48. The molecular weight excluding hydrogens is 468 g/mol. The number of rotatable bonds is 8. The normalized spacial score (nSPS) is 15.1. The van der Waals surface area contributed by atoms with E-state index < -0.39 is 10.0 Å². The van der Waals surface area contributed by atoms with Crippen LogP contribution in [0, 0.1) is 12.8 Å². The van der Waals surface area contributed by atoms with Crippen molar-refractivity contribution in [3.8, 4) is 5.75 Å². The molecule has 0 unspecified atom stereocenters. The molecule has 2 heterocycles. The van der Waals surface area contributed by atoms with Crippen molar-refractivity contribution in [1.82, 2.24) is 20.1 Å². The number of halogens is 1. The molecule has 3 rings (SSSR count). The SMILES string of the molecule is Cc1cc(Cl)ccc1OCCCC(=O)NNC(=O)C1CCN(S(=O)(=O)c2cccnc2)CC1. The van der Waals surface area contributed by atoms with Gasteiger partial charge in [0.2, 0.25) is 21.8 Å². The van der Waals surface area contributed by atoms with Crippen molar-refractivity contribution in [3.63, 3.8) is 0 Å². The van der Waals surface area contributed by atoms with Crippen molar-refractivity contribution in [1.29, 1.82) is 0 Å². The van der Waals surface area contributed by atoms with Crippen LogP contribution >= 0.6 is 11.6 Å². The molecule has 1 saturated heterocycles. The summed E-state index contributed by atoms with van der Waals surface area (Å²) in [6.07, 6.45) is 4.23. The highest BCUT2D eigenvalue weighted by Crippen LogP contribution is 2.24. The second-order valence-corrected chi connectivity index (χ2v) is 10.1. The number of hydrogen-bond donors (Lipinski definition) is 2. The van der Waals surface area contributed by atoms with E-state index in [9.17, 15) is 18.0 Å². The summed E-state index contributed by atoms with van der Waals surface area (Å²) < 4.78 is 32.3. The summed E-state index contributed by atoms with van der Waals surface area (Å²) in [4.78, 5) is 28.4. The van der Waals surface area contributed by atoms with E-state index in [1.807, 2.05) is 6.92 Å². The molecule has 2 N–H and O–H groups in total. The molecule has 1 aromatic heterocycles. The van der Waals surface area contributed by atoms with Crippen LogP contribution in [-0.4, -0.2) is 49.2 Å². The second-order valence-electron chi connectivity index (χ2n) is 7.77. The van der Waals surface area contributed by atoms with Gasteiger partial charge in [0, 0.05) is 42.8 Å². The maximum absolute atomic E-state index is 12.6. The summed E-state index contributed by atoms with van der Waals surface area (Å²) in [5, 5.41) is 0.635. The van der Waals surface area contributed by atoms with Gasteiger partial charge in [0.15, 0.2) is 0 Å². The predicted octanol–water partition coefficient (Wildman–Crippen LogP) is 2.45. The largest absolute Gasteiger partial charge is 0.493 e. The van der Waals surface area contributed by atoms with Crippen LogP contribution in [-0.2, 0) is 19.6 Å². The Morgan fingerprint density at radius 3 is 2.64 bits per heavy atom. The van der Waals surface area contributed by atoms with E-state index in [-0.39, 0.29) is 42.1 Å². The van der Waals surface area contributed by atoms with E-state index in [1.165, 1.54) is 22.8 Å². The van der Waals surface area contributed by atoms with Gasteiger partial charge in [0.1, 0.15) is 10.6 Å². The fraction of sp³-hybridized carbons (Fsp3) is 0.409. The smallest absolute Gasteiger partial charge is 0.244 e. The topological polar surface area (TPSA) is 118 Å². The number of carbonyl (C=O) groups is 2. The standard InChI is InChI=1S/C22H27ClN4O5S/c1-16-14-18(23)6-7-20(16)32-13-3-5-21(28)25-26-22(29)17-8-11-27(12-9-17)33(30,31)19-4-2-10-24-15-19/h2,4,6-7,10,14-15,17H,3,5,8-9,11-13H2,1H3,(H,25,28)(H,26,29). The average molecular weight is 495 g/mol. The Morgan fingerprint density at radius 2 is 1.97 bits per heavy atom. The highest BCUT2D eigenvalue weighted by molar-refractivity contribution is 7.89. The van der Waals surface area contributed by atoms with E-state index in [4.69, 9.17) is 16.3 Å². The lowest BCUT2D eigenvalue weighted by Crippen LogP contribution is -2.48. The van der Waals surface area contributed by atoms with E-state index in [0.29, 0.717) is 36.6 Å². The number of hydrazine groups is 1. The first-order chi connectivity index (χ1) is 15.8. The Labute approximate surface area is 198 Å². The first kappa shape index (κ1) is 24.9. The molecule has 0 saturated carbocycles. The summed E-state index contributed by atoms with van der Waals surface area (Å²) >= 11 is 5.91. The van der Waals surface area contributed by atoms with Crippen LogP contribution < -0.4 is 15.6 Å². The number of aryl methyl sites for hydroxylation is 1. The number of pyridine rings is 1. The van der Waals surface area contributed by atoms with Gasteiger partial charge in [-0.1, -0.05) is 11.6 Å². The number of aromatic nitrogens is 1. The van der Waals surface area contributed by atoms with Gasteiger partial charge < -0.3 is 4.74 Å². The van der Waals surface area contributed by atoms with E-state index in [2.05, 4.69) is 15.8 Å². The Bertz CT molecular complexity index is 1070. The molecule has 0 bridgehead atoms. The summed E-state index contributed by atoms with van der Waals surface area (Å²) in [7, 11) is -3.62. The van der Waals surface area contributed by atoms with Gasteiger partial charge in [-0.25, -0.2) is 8.42 Å². The van der Waals surface area contributed by atoms with Crippen molar-refractivity contribution in [3.05, 3.63) is 53.3 Å². The zero-order valence-electron chi connectivity index (χ0n) is 18.3. The van der Waals surface area contributed by atoms with Gasteiger partial charge in [-0.3, -0.25) is 25.4 Å². The molecule has 9 nitrogen and oxygen atoms in total. The van der Waals surface area contributed by atoms with E-state index >= 15 is 0 Å². The fourth-order valence-corrected chi connectivity index (χ4v) is 5.15. The van der Waals surface area contributed by atoms with Gasteiger partial charge >= 0.3 is 0 Å². The van der Waals surface area contributed by atoms with E-state index in [0.717, 1.165) is 5.56 Å². The summed E-state index contributed by atoms with van der Waals surface area (Å²) in [5.41, 5.74) is 5.77. The number of hydrogen-bond acceptors (Lipinski definition) is 6. The third kappa shape index (κ3) is 6.89. The number of piperidine rings is 1. The highest BCUT2D eigenvalue weighted by Gasteiger charge is 2.32. The molecule has 1 aliphatic rings. The summed E-state index contributed by atoms with van der Waals surface area (Å²) in [5.74, 6) is -0.307. The zero-order chi connectivity index (χ0) is 23.8. The van der Waals surface area contributed by atoms with Crippen LogP contribution in [0.3, 0.4) is 0 Å². The molecule has 0 radical (unpaired) electrons. The zero-order valence-corrected chi connectivity index (χ0v) is 19.9. The van der Waals surface area contributed by atoms with Crippen LogP contribution in [0.25, 0.3) is 0 Å². The van der Waals surface area contributed by atoms with Gasteiger partial charge in [-0.05, 0) is 62.1 Å². The van der Waals surface area contributed by atoms with Crippen molar-refractivity contribution in [2.75, 3.05) is 19.7 Å². The van der Waals surface area contributed by atoms with Crippen LogP contribution in [0.1, 0.15) is 31.2 Å². The molecule has 0 aliphatic carbocycles. The second kappa shape index (κ2) is 11.4. The Morgan fingerprint density at radius 1 is 1.21 bits per heavy atom. The Balaban J connectivity index is 1.35. The Kier molecular flexibility index (Phi) is 8.65. The summed E-state index contributed by atoms with van der Waals surface area (Å²) in [6.45, 7) is 2.70. The predicted molar refractivity (Wildman–Crippen MR) is 123 cm³/mol. The lowest BCUT2D eigenvalue weighted by molar-refractivity contribution is -0.132. The number of amides is 2. The molecular formula is C22H27ClN4O5S. The maximum Gasteiger partial charge on any atom is 0.244 e. The van der Waals surface area contributed by atoms with Gasteiger partial charge in [0.05, 0.1) is 6.61 Å². The van der Waals surface area contributed by atoms with Crippen molar-refractivity contribution in [2.24, 2.45) is 5.92 Å². The molecule has 1 fully saturated rings. The van der Waals surface area contributed by atoms with Crippen LogP contribution in [0.15, 0.2) is 47.6 Å². The minimum Gasteiger partial charge on any atom is -0.493 e. The van der Waals surface area contributed by atoms with Crippen molar-refractivity contribution < 1.29 is 22.7 Å². The average Bonchev–Trinajstić information content (AvgIpc) is 2.82. The Hall–Kier alpha value is -2.69. The van der Waals surface area contributed by atoms with E-state index in [1.54, 1.807) is 24.3 Å². The van der Waals surface area contributed by atoms with Crippen LogP contribution in [0.5, 0.6) is 5.75 Å². The molecule has 178 valence electrons. The molecule has 1 aromatic carbocycles. The van der Waals surface area contributed by atoms with Crippen LogP contribution in [0.4, 0.5) is 0 Å². The lowest BCUT2D eigenvalue weighted by Gasteiger charge is -2.30. The minimum atomic E-state index is -3.62. The number of carbonyl (C=O) groups excluding carboxylic acids is 2. The minimum absolute atomic E-state index is 0.135. The molecule has 33 heavy (non-hydrogen) atoms. The summed E-state index contributed by atoms with van der Waals surface area (Å²) in [6, 6.07) is 8.40. The number of benzene rings is 1. The molecule has 2 aromatic rings. The van der Waals surface area contributed by atoms with Crippen molar-refractivity contribution in [2.45, 2.75) is 37.5 Å². The fourth-order valence-electron chi connectivity index (χ4n) is 3.49. The highest BCUT2D eigenvalue weighted by atomic mass is 35.5. The molecule has 0 spiro atoms. The van der Waals surface area contributed by atoms with Gasteiger partial charge in [0.25, 0.3) is 0 Å². The first-order valence-corrected chi connectivity index (χ1v) is 12.5. The monoisotopic (exact) mass is 494 g/mol. The molecule has 1 aliphatic heterocycles. The quantitative estimate of drug-likeness (QED) is 0.430. The number of nitrogens with zero attached hydrogens (tertiary/aromatic N) is 2. The molecule has 2 amide bonds. The number of sulfonamides is 1. The molecule has 0 atom stereocenters. The number of nitrogens with one attached hydrogen (secondary N) is 2. The van der Waals surface area contributed by atoms with Crippen LogP contribution in [0.2, 0.25) is 5.02 Å². The lowest BCUT2D eigenvalue weighted by atomic mass is 9.98.